The second-order valence-corrected chi connectivity index (χ2v) is 6.31. The maximum Gasteiger partial charge on any atom is 0.438 e. The third kappa shape index (κ3) is 3.41. The largest absolute Gasteiger partial charge is 0.438 e. The van der Waals surface area contributed by atoms with Crippen molar-refractivity contribution in [3.63, 3.8) is 0 Å². The second-order valence-electron chi connectivity index (χ2n) is 4.03. The zero-order valence-corrected chi connectivity index (χ0v) is 12.5. The Hall–Kier alpha value is -0.700. The lowest BCUT2D eigenvalue weighted by molar-refractivity contribution is -0.437. The van der Waals surface area contributed by atoms with E-state index >= 15 is 0 Å². The molecule has 0 radical (unpaired) electrons. The molecule has 0 bridgehead atoms. The van der Waals surface area contributed by atoms with E-state index in [1.165, 1.54) is 0 Å². The Morgan fingerprint density at radius 2 is 1.04 bits per heavy atom. The van der Waals surface area contributed by atoms with E-state index in [0.717, 1.165) is 0 Å². The van der Waals surface area contributed by atoms with Crippen molar-refractivity contribution < 1.29 is 80.3 Å². The van der Waals surface area contributed by atoms with Crippen molar-refractivity contribution >= 4 is 22.2 Å². The lowest BCUT2D eigenvalue weighted by Gasteiger charge is -2.39. The minimum absolute atomic E-state index is 2.27. The number of hydrogen-bond acceptors (Lipinski definition) is 6. The van der Waals surface area contributed by atoms with Gasteiger partial charge in [0.1, 0.15) is 12.0 Å². The van der Waals surface area contributed by atoms with Crippen molar-refractivity contribution in [1.82, 2.24) is 0 Å². The van der Waals surface area contributed by atoms with Gasteiger partial charge in [0.15, 0.2) is 0 Å². The van der Waals surface area contributed by atoms with Gasteiger partial charge in [0, 0.05) is 0 Å². The molecule has 0 amide bonds. The van der Waals surface area contributed by atoms with Crippen molar-refractivity contribution in [3.05, 3.63) is 0 Å². The van der Waals surface area contributed by atoms with Crippen molar-refractivity contribution in [2.75, 3.05) is 0 Å². The fourth-order valence-corrected chi connectivity index (χ4v) is 1.83. The van der Waals surface area contributed by atoms with Gasteiger partial charge in [-0.2, -0.15) is 61.1 Å². The van der Waals surface area contributed by atoms with Crippen LogP contribution in [0.3, 0.4) is 0 Å². The summed E-state index contributed by atoms with van der Waals surface area (Å²) in [6, 6.07) is 0. The summed E-state index contributed by atoms with van der Waals surface area (Å²) in [5, 5.41) is -4.45. The van der Waals surface area contributed by atoms with Gasteiger partial charge >= 0.3 is 44.3 Å². The van der Waals surface area contributed by atoms with Crippen LogP contribution in [0.4, 0.5) is 52.7 Å². The molecule has 158 valence electrons. The van der Waals surface area contributed by atoms with Crippen molar-refractivity contribution in [1.29, 1.82) is 0 Å². The molecule has 6 nitrogen and oxygen atoms in total. The average Bonchev–Trinajstić information content (AvgIpc) is 2.42. The monoisotopic (exact) mass is 462 g/mol. The van der Waals surface area contributed by atoms with Gasteiger partial charge in [-0.3, -0.25) is 4.55 Å². The highest BCUT2D eigenvalue weighted by atomic mass is 32.2. The first kappa shape index (κ1) is 25.3. The van der Waals surface area contributed by atoms with E-state index in [2.05, 4.69) is 9.37 Å². The summed E-state index contributed by atoms with van der Waals surface area (Å²) in [7, 11) is -7.61. The van der Waals surface area contributed by atoms with Gasteiger partial charge in [-0.25, -0.2) is 5.26 Å². The zero-order chi connectivity index (χ0) is 21.6. The highest BCUT2D eigenvalue weighted by molar-refractivity contribution is 7.95. The molecule has 0 aromatic carbocycles. The van der Waals surface area contributed by atoms with Crippen LogP contribution in [0.25, 0.3) is 0 Å². The predicted octanol–water partition coefficient (Wildman–Crippen LogP) is 3.67. The Kier molecular flexibility index (Phi) is 6.54. The van der Waals surface area contributed by atoms with Crippen molar-refractivity contribution in [3.8, 4) is 0 Å². The third-order valence-corrected chi connectivity index (χ3v) is 3.91. The highest BCUT2D eigenvalue weighted by Gasteiger charge is 2.92. The minimum atomic E-state index is -8.19. The summed E-state index contributed by atoms with van der Waals surface area (Å²) in [6.07, 6.45) is 0. The molecule has 20 heteroatoms. The molecule has 0 aromatic rings. The van der Waals surface area contributed by atoms with Crippen LogP contribution < -0.4 is 0 Å². The second kappa shape index (κ2) is 6.72. The Morgan fingerprint density at radius 1 is 0.692 bits per heavy atom. The van der Waals surface area contributed by atoms with Crippen molar-refractivity contribution in [2.45, 2.75) is 34.2 Å². The lowest BCUT2D eigenvalue weighted by atomic mass is 9.98. The van der Waals surface area contributed by atoms with E-state index in [4.69, 9.17) is 9.81 Å². The molecule has 26 heavy (non-hydrogen) atoms. The van der Waals surface area contributed by atoms with Crippen LogP contribution in [0.5, 0.6) is 0 Å². The summed E-state index contributed by atoms with van der Waals surface area (Å²) >= 11 is -2.32. The maximum atomic E-state index is 13.1. The molecule has 0 aliphatic heterocycles. The Bertz CT molecular complexity index is 618. The van der Waals surface area contributed by atoms with Gasteiger partial charge in [0.25, 0.3) is 0 Å². The molecule has 0 saturated heterocycles. The topological polar surface area (TPSA) is 93.1 Å². The standard InChI is InChI=1S/C6H2F12O6S2/c7-1(8,3(11,12)5(15,16)25-24-23-19)2(9,10)4(13,14)6(17,18)26(20,21)22/h19H,(H,20,21,22). The highest BCUT2D eigenvalue weighted by Crippen LogP contribution is 2.62. The quantitative estimate of drug-likeness (QED) is 0.178. The molecule has 0 aliphatic rings. The number of alkyl halides is 12. The van der Waals surface area contributed by atoms with E-state index in [-0.39, 0.29) is 0 Å². The smallest absolute Gasteiger partial charge is 0.281 e. The van der Waals surface area contributed by atoms with E-state index in [9.17, 15) is 61.1 Å². The number of rotatable bonds is 9. The molecule has 0 saturated carbocycles. The van der Waals surface area contributed by atoms with Crippen LogP contribution in [0, 0.1) is 0 Å². The van der Waals surface area contributed by atoms with Gasteiger partial charge in [-0.1, -0.05) is 5.04 Å². The molecule has 0 rings (SSSR count). The van der Waals surface area contributed by atoms with Crippen LogP contribution in [-0.4, -0.2) is 52.4 Å². The van der Waals surface area contributed by atoms with E-state index < -0.39 is 56.4 Å². The first-order valence-electron chi connectivity index (χ1n) is 4.96. The van der Waals surface area contributed by atoms with Crippen LogP contribution in [0.1, 0.15) is 0 Å². The van der Waals surface area contributed by atoms with E-state index in [1.807, 2.05) is 0 Å². The van der Waals surface area contributed by atoms with Gasteiger partial charge in [0.2, 0.25) is 0 Å². The summed E-state index contributed by atoms with van der Waals surface area (Å²) in [4.78, 5) is 0. The SMILES string of the molecule is O=S(=O)(O)C(F)(F)C(F)(F)C(F)(F)C(F)(F)C(F)(F)C(F)(F)SOOO. The van der Waals surface area contributed by atoms with Gasteiger partial charge in [0.05, 0.1) is 0 Å². The summed E-state index contributed by atoms with van der Waals surface area (Å²) in [6.45, 7) is 0. The Balaban J connectivity index is 6.41. The van der Waals surface area contributed by atoms with E-state index in [0.29, 0.717) is 0 Å². The maximum absolute atomic E-state index is 13.1. The molecular formula is C6H2F12O6S2. The fourth-order valence-electron chi connectivity index (χ4n) is 1.03. The molecule has 0 spiro atoms. The predicted molar refractivity (Wildman–Crippen MR) is 53.6 cm³/mol. The third-order valence-electron chi connectivity index (χ3n) is 2.41. The molecule has 0 aliphatic carbocycles. The van der Waals surface area contributed by atoms with Crippen LogP contribution in [0.15, 0.2) is 0 Å². The van der Waals surface area contributed by atoms with Gasteiger partial charge in [-0.15, -0.1) is 4.33 Å². The van der Waals surface area contributed by atoms with Gasteiger partial charge < -0.3 is 0 Å². The van der Waals surface area contributed by atoms with Gasteiger partial charge in [-0.05, 0) is 0 Å². The molecule has 0 fully saturated rings. The molecular weight excluding hydrogens is 460 g/mol. The first-order valence-corrected chi connectivity index (χ1v) is 7.14. The van der Waals surface area contributed by atoms with Crippen molar-refractivity contribution in [2.24, 2.45) is 0 Å². The van der Waals surface area contributed by atoms with E-state index in [1.54, 1.807) is 0 Å². The molecule has 0 aromatic heterocycles. The summed E-state index contributed by atoms with van der Waals surface area (Å²) in [5.74, 6) is -31.9. The molecule has 2 N–H and O–H groups in total. The Morgan fingerprint density at radius 3 is 1.35 bits per heavy atom. The first-order chi connectivity index (χ1) is 11.1. The Labute approximate surface area is 137 Å². The lowest BCUT2D eigenvalue weighted by Crippen LogP contribution is -2.71. The molecule has 0 unspecified atom stereocenters. The van der Waals surface area contributed by atoms with Crippen LogP contribution in [0.2, 0.25) is 0 Å². The van der Waals surface area contributed by atoms with Crippen LogP contribution >= 0.6 is 12.0 Å². The zero-order valence-electron chi connectivity index (χ0n) is 10.9. The summed E-state index contributed by atoms with van der Waals surface area (Å²) in [5.41, 5.74) is 0. The molecule has 0 atom stereocenters. The van der Waals surface area contributed by atoms with Crippen LogP contribution in [-0.2, 0) is 19.5 Å². The number of hydrogen-bond donors (Lipinski definition) is 2. The molecule has 0 heterocycles. The number of halogens is 12. The normalized spacial score (nSPS) is 16.1. The fraction of sp³-hybridized carbons (Fsp3) is 1.00. The minimum Gasteiger partial charge on any atom is -0.281 e. The summed E-state index contributed by atoms with van der Waals surface area (Å²) < 4.78 is 186. The average molecular weight is 462 g/mol.